The van der Waals surface area contributed by atoms with Crippen molar-refractivity contribution in [1.82, 2.24) is 4.90 Å². The number of carbonyl (C=O) groups is 1. The standard InChI is InChI=1S/C17H25ClN2O3.ClH/c1-12(19)13-5-7-20(8-6-13)17(21)15-11-14(18)3-4-16(15)23-10-9-22-2;/h3-4,11-13H,5-10,19H2,1-2H3;1H. The zero-order valence-corrected chi connectivity index (χ0v) is 15.7. The summed E-state index contributed by atoms with van der Waals surface area (Å²) in [5.41, 5.74) is 6.47. The van der Waals surface area contributed by atoms with Gasteiger partial charge >= 0.3 is 0 Å². The topological polar surface area (TPSA) is 64.8 Å². The highest BCUT2D eigenvalue weighted by molar-refractivity contribution is 6.31. The molecule has 0 saturated carbocycles. The molecule has 1 atom stereocenters. The molecule has 0 radical (unpaired) electrons. The van der Waals surface area contributed by atoms with E-state index in [9.17, 15) is 4.79 Å². The van der Waals surface area contributed by atoms with Crippen molar-refractivity contribution in [3.05, 3.63) is 28.8 Å². The number of piperidine rings is 1. The van der Waals surface area contributed by atoms with Gasteiger partial charge in [-0.15, -0.1) is 12.4 Å². The highest BCUT2D eigenvalue weighted by atomic mass is 35.5. The van der Waals surface area contributed by atoms with E-state index in [0.717, 1.165) is 25.9 Å². The zero-order chi connectivity index (χ0) is 16.8. The Morgan fingerprint density at radius 1 is 1.38 bits per heavy atom. The Balaban J connectivity index is 0.00000288. The monoisotopic (exact) mass is 376 g/mol. The number of likely N-dealkylation sites (tertiary alicyclic amines) is 1. The lowest BCUT2D eigenvalue weighted by atomic mass is 9.90. The van der Waals surface area contributed by atoms with Crippen LogP contribution in [0.2, 0.25) is 5.02 Å². The van der Waals surface area contributed by atoms with Crippen molar-refractivity contribution in [3.63, 3.8) is 0 Å². The summed E-state index contributed by atoms with van der Waals surface area (Å²) in [4.78, 5) is 14.7. The molecule has 1 aliphatic rings. The second-order valence-corrected chi connectivity index (χ2v) is 6.41. The number of carbonyl (C=O) groups excluding carboxylic acids is 1. The van der Waals surface area contributed by atoms with Crippen LogP contribution in [0.3, 0.4) is 0 Å². The van der Waals surface area contributed by atoms with Gasteiger partial charge in [-0.1, -0.05) is 11.6 Å². The highest BCUT2D eigenvalue weighted by Crippen LogP contribution is 2.27. The molecule has 1 aromatic rings. The van der Waals surface area contributed by atoms with Gasteiger partial charge in [-0.3, -0.25) is 4.79 Å². The molecule has 136 valence electrons. The number of benzene rings is 1. The molecule has 0 spiro atoms. The predicted molar refractivity (Wildman–Crippen MR) is 98.3 cm³/mol. The van der Waals surface area contributed by atoms with E-state index in [-0.39, 0.29) is 24.4 Å². The third-order valence-electron chi connectivity index (χ3n) is 4.29. The van der Waals surface area contributed by atoms with Crippen molar-refractivity contribution < 1.29 is 14.3 Å². The number of hydrogen-bond donors (Lipinski definition) is 1. The number of nitrogens with zero attached hydrogens (tertiary/aromatic N) is 1. The van der Waals surface area contributed by atoms with Crippen molar-refractivity contribution in [2.24, 2.45) is 11.7 Å². The lowest BCUT2D eigenvalue weighted by Gasteiger charge is -2.34. The van der Waals surface area contributed by atoms with Gasteiger partial charge in [0.1, 0.15) is 12.4 Å². The van der Waals surface area contributed by atoms with E-state index in [1.807, 2.05) is 11.8 Å². The minimum absolute atomic E-state index is 0. The molecule has 1 amide bonds. The molecular weight excluding hydrogens is 351 g/mol. The van der Waals surface area contributed by atoms with Gasteiger partial charge in [0.05, 0.1) is 12.2 Å². The van der Waals surface area contributed by atoms with Gasteiger partial charge in [0.15, 0.2) is 0 Å². The van der Waals surface area contributed by atoms with Crippen LogP contribution in [0.25, 0.3) is 0 Å². The number of methoxy groups -OCH3 is 1. The number of rotatable bonds is 6. The quantitative estimate of drug-likeness (QED) is 0.775. The lowest BCUT2D eigenvalue weighted by molar-refractivity contribution is 0.0674. The van der Waals surface area contributed by atoms with Gasteiger partial charge in [0.2, 0.25) is 0 Å². The molecule has 2 N–H and O–H groups in total. The molecule has 24 heavy (non-hydrogen) atoms. The normalized spacial score (nSPS) is 16.4. The summed E-state index contributed by atoms with van der Waals surface area (Å²) in [6.45, 7) is 4.33. The third-order valence-corrected chi connectivity index (χ3v) is 4.52. The smallest absolute Gasteiger partial charge is 0.257 e. The Hall–Kier alpha value is -1.01. The van der Waals surface area contributed by atoms with Crippen molar-refractivity contribution in [1.29, 1.82) is 0 Å². The van der Waals surface area contributed by atoms with E-state index in [1.165, 1.54) is 0 Å². The van der Waals surface area contributed by atoms with Crippen LogP contribution in [0.1, 0.15) is 30.1 Å². The van der Waals surface area contributed by atoms with Crippen molar-refractivity contribution in [2.75, 3.05) is 33.4 Å². The zero-order valence-electron chi connectivity index (χ0n) is 14.2. The molecule has 0 aliphatic carbocycles. The SMILES string of the molecule is COCCOc1ccc(Cl)cc1C(=O)N1CCC(C(C)N)CC1.Cl. The number of hydrogen-bond acceptors (Lipinski definition) is 4. The number of halogens is 2. The fourth-order valence-corrected chi connectivity index (χ4v) is 3.00. The first-order valence-corrected chi connectivity index (χ1v) is 8.37. The number of nitrogens with two attached hydrogens (primary N) is 1. The average molecular weight is 377 g/mol. The Morgan fingerprint density at radius 3 is 2.62 bits per heavy atom. The van der Waals surface area contributed by atoms with Crippen molar-refractivity contribution in [2.45, 2.75) is 25.8 Å². The maximum Gasteiger partial charge on any atom is 0.257 e. The van der Waals surface area contributed by atoms with Gasteiger partial charge in [0.25, 0.3) is 5.91 Å². The van der Waals surface area contributed by atoms with Gasteiger partial charge in [-0.05, 0) is 43.9 Å². The highest BCUT2D eigenvalue weighted by Gasteiger charge is 2.27. The third kappa shape index (κ3) is 5.52. The van der Waals surface area contributed by atoms with Crippen molar-refractivity contribution >= 4 is 29.9 Å². The van der Waals surface area contributed by atoms with Crippen LogP contribution >= 0.6 is 24.0 Å². The summed E-state index contributed by atoms with van der Waals surface area (Å²) in [6.07, 6.45) is 1.87. The molecule has 1 fully saturated rings. The molecule has 1 saturated heterocycles. The van der Waals surface area contributed by atoms with Gasteiger partial charge in [-0.25, -0.2) is 0 Å². The molecule has 1 unspecified atom stereocenters. The first-order valence-electron chi connectivity index (χ1n) is 7.99. The van der Waals surface area contributed by atoms with E-state index in [1.54, 1.807) is 25.3 Å². The molecule has 1 heterocycles. The van der Waals surface area contributed by atoms with Crippen LogP contribution in [0.15, 0.2) is 18.2 Å². The number of ether oxygens (including phenoxy) is 2. The Kier molecular flexibility index (Phi) is 8.84. The minimum Gasteiger partial charge on any atom is -0.490 e. The first kappa shape index (κ1) is 21.0. The summed E-state index contributed by atoms with van der Waals surface area (Å²) >= 11 is 6.06. The molecule has 0 aromatic heterocycles. The Bertz CT molecular complexity index is 533. The second-order valence-electron chi connectivity index (χ2n) is 5.97. The van der Waals surface area contributed by atoms with Gasteiger partial charge in [-0.2, -0.15) is 0 Å². The van der Waals surface area contributed by atoms with Gasteiger partial charge in [0, 0.05) is 31.3 Å². The van der Waals surface area contributed by atoms with Gasteiger partial charge < -0.3 is 20.1 Å². The van der Waals surface area contributed by atoms with E-state index in [0.29, 0.717) is 35.5 Å². The van der Waals surface area contributed by atoms with Crippen LogP contribution in [0, 0.1) is 5.92 Å². The largest absolute Gasteiger partial charge is 0.490 e. The fraction of sp³-hybridized carbons (Fsp3) is 0.588. The van der Waals surface area contributed by atoms with Crippen LogP contribution in [0.4, 0.5) is 0 Å². The fourth-order valence-electron chi connectivity index (χ4n) is 2.83. The van der Waals surface area contributed by atoms with E-state index in [2.05, 4.69) is 0 Å². The summed E-state index contributed by atoms with van der Waals surface area (Å²) < 4.78 is 10.6. The van der Waals surface area contributed by atoms with E-state index < -0.39 is 0 Å². The summed E-state index contributed by atoms with van der Waals surface area (Å²) in [5, 5.41) is 0.526. The minimum atomic E-state index is -0.0389. The summed E-state index contributed by atoms with van der Waals surface area (Å²) in [5.74, 6) is 0.990. The maximum absolute atomic E-state index is 12.8. The van der Waals surface area contributed by atoms with Crippen LogP contribution in [-0.2, 0) is 4.74 Å². The molecule has 1 aliphatic heterocycles. The average Bonchev–Trinajstić information content (AvgIpc) is 2.55. The molecule has 7 heteroatoms. The molecule has 5 nitrogen and oxygen atoms in total. The molecule has 0 bridgehead atoms. The van der Waals surface area contributed by atoms with Crippen LogP contribution in [0.5, 0.6) is 5.75 Å². The summed E-state index contributed by atoms with van der Waals surface area (Å²) in [7, 11) is 1.61. The molecule has 1 aromatic carbocycles. The van der Waals surface area contributed by atoms with E-state index >= 15 is 0 Å². The molecule has 2 rings (SSSR count). The Labute approximate surface area is 154 Å². The maximum atomic E-state index is 12.8. The molecular formula is C17H26Cl2N2O3. The van der Waals surface area contributed by atoms with Crippen LogP contribution < -0.4 is 10.5 Å². The van der Waals surface area contributed by atoms with Crippen molar-refractivity contribution in [3.8, 4) is 5.75 Å². The first-order chi connectivity index (χ1) is 11.0. The lowest BCUT2D eigenvalue weighted by Crippen LogP contribution is -2.42. The predicted octanol–water partition coefficient (Wildman–Crippen LogP) is 2.99. The van der Waals surface area contributed by atoms with E-state index in [4.69, 9.17) is 26.8 Å². The number of amides is 1. The Morgan fingerprint density at radius 2 is 2.04 bits per heavy atom. The summed E-state index contributed by atoms with van der Waals surface area (Å²) in [6, 6.07) is 5.30. The van der Waals surface area contributed by atoms with Crippen LogP contribution in [-0.4, -0.2) is 50.3 Å². The second kappa shape index (κ2) is 10.1.